The number of aromatic nitrogens is 4. The fourth-order valence-corrected chi connectivity index (χ4v) is 2.20. The van der Waals surface area contributed by atoms with E-state index in [4.69, 9.17) is 0 Å². The van der Waals surface area contributed by atoms with Crippen LogP contribution in [0.25, 0.3) is 16.8 Å². The van der Waals surface area contributed by atoms with E-state index in [-0.39, 0.29) is 16.4 Å². The van der Waals surface area contributed by atoms with E-state index in [0.717, 1.165) is 24.3 Å². The average Bonchev–Trinajstić information content (AvgIpc) is 2.79. The van der Waals surface area contributed by atoms with Crippen LogP contribution in [0.5, 0.6) is 0 Å². The second kappa shape index (κ2) is 4.83. The molecule has 3 aromatic rings. The average molecular weight is 330 g/mol. The van der Waals surface area contributed by atoms with Gasteiger partial charge < -0.3 is 0 Å². The van der Waals surface area contributed by atoms with Crippen LogP contribution >= 0.6 is 12.6 Å². The Morgan fingerprint density at radius 3 is 2.41 bits per heavy atom. The second-order valence-corrected chi connectivity index (χ2v) is 4.75. The summed E-state index contributed by atoms with van der Waals surface area (Å²) < 4.78 is 53.0. The monoisotopic (exact) mass is 330 g/mol. The summed E-state index contributed by atoms with van der Waals surface area (Å²) in [5.41, 5.74) is -2.87. The third kappa shape index (κ3) is 2.34. The molecule has 0 amide bonds. The van der Waals surface area contributed by atoms with Crippen LogP contribution < -0.4 is 5.69 Å². The molecule has 22 heavy (non-hydrogen) atoms. The Kier molecular flexibility index (Phi) is 3.20. The third-order valence-corrected chi connectivity index (χ3v) is 3.10. The Balaban J connectivity index is 2.44. The Morgan fingerprint density at radius 1 is 1.18 bits per heavy atom. The molecule has 5 nitrogen and oxygen atoms in total. The van der Waals surface area contributed by atoms with Gasteiger partial charge in [0.25, 0.3) is 0 Å². The molecule has 2 heterocycles. The van der Waals surface area contributed by atoms with E-state index in [1.165, 1.54) is 0 Å². The van der Waals surface area contributed by atoms with Crippen LogP contribution in [0.4, 0.5) is 17.6 Å². The minimum atomic E-state index is -4.80. The van der Waals surface area contributed by atoms with Crippen molar-refractivity contribution < 1.29 is 17.6 Å². The van der Waals surface area contributed by atoms with Crippen LogP contribution in [0.1, 0.15) is 5.69 Å². The maximum atomic E-state index is 13.2. The third-order valence-electron chi connectivity index (χ3n) is 2.89. The van der Waals surface area contributed by atoms with Crippen molar-refractivity contribution in [1.82, 2.24) is 19.6 Å². The predicted molar refractivity (Wildman–Crippen MR) is 71.3 cm³/mol. The van der Waals surface area contributed by atoms with E-state index in [1.54, 1.807) is 0 Å². The number of H-pyrrole nitrogens is 1. The maximum Gasteiger partial charge on any atom is 0.435 e. The number of hydrogen-bond acceptors (Lipinski definition) is 4. The highest BCUT2D eigenvalue weighted by Crippen LogP contribution is 2.38. The summed E-state index contributed by atoms with van der Waals surface area (Å²) in [5.74, 6) is -0.602. The zero-order valence-electron chi connectivity index (χ0n) is 10.5. The van der Waals surface area contributed by atoms with Crippen molar-refractivity contribution >= 4 is 18.3 Å². The molecule has 0 fully saturated rings. The van der Waals surface area contributed by atoms with Crippen molar-refractivity contribution in [2.45, 2.75) is 11.3 Å². The fourth-order valence-electron chi connectivity index (χ4n) is 2.01. The maximum absolute atomic E-state index is 13.2. The molecule has 3 rings (SSSR count). The lowest BCUT2D eigenvalue weighted by Crippen LogP contribution is -2.19. The predicted octanol–water partition coefficient (Wildman–Crippen LogP) is 2.53. The SMILES string of the molecule is O=c1[nH]c(S)nc2c(-c3ccc(F)cc3)c(C(F)(F)F)nn12. The van der Waals surface area contributed by atoms with Gasteiger partial charge in [0.15, 0.2) is 16.5 Å². The number of nitrogens with one attached hydrogen (secondary N) is 1. The van der Waals surface area contributed by atoms with E-state index in [0.29, 0.717) is 4.52 Å². The van der Waals surface area contributed by atoms with Gasteiger partial charge in [-0.15, -0.1) is 12.6 Å². The summed E-state index contributed by atoms with van der Waals surface area (Å²) in [5, 5.41) is 3.12. The standard InChI is InChI=1S/C12H6F4N4OS/c13-6-3-1-5(2-4-6)7-8(12(14,15)16)19-20-9(7)17-10(22)18-11(20)21/h1-4H,(H2,17,18,21,22). The molecule has 0 spiro atoms. The van der Waals surface area contributed by atoms with Gasteiger partial charge in [-0.1, -0.05) is 12.1 Å². The zero-order valence-corrected chi connectivity index (χ0v) is 11.4. The van der Waals surface area contributed by atoms with Gasteiger partial charge in [0, 0.05) is 0 Å². The molecule has 2 aromatic heterocycles. The highest BCUT2D eigenvalue weighted by Gasteiger charge is 2.39. The largest absolute Gasteiger partial charge is 0.435 e. The van der Waals surface area contributed by atoms with Gasteiger partial charge in [0.1, 0.15) is 5.82 Å². The van der Waals surface area contributed by atoms with Gasteiger partial charge in [-0.3, -0.25) is 4.98 Å². The number of nitrogens with zero attached hydrogens (tertiary/aromatic N) is 3. The summed E-state index contributed by atoms with van der Waals surface area (Å²) in [4.78, 5) is 17.6. The number of hydrogen-bond donors (Lipinski definition) is 2. The Bertz CT molecular complexity index is 914. The van der Waals surface area contributed by atoms with Crippen molar-refractivity contribution in [3.05, 3.63) is 46.3 Å². The van der Waals surface area contributed by atoms with Crippen LogP contribution in [0.2, 0.25) is 0 Å². The smallest absolute Gasteiger partial charge is 0.285 e. The number of rotatable bonds is 1. The van der Waals surface area contributed by atoms with Gasteiger partial charge in [-0.25, -0.2) is 14.2 Å². The quantitative estimate of drug-likeness (QED) is 0.532. The first kappa shape index (κ1) is 14.6. The van der Waals surface area contributed by atoms with E-state index >= 15 is 0 Å². The summed E-state index contributed by atoms with van der Waals surface area (Å²) in [6.07, 6.45) is -4.80. The summed E-state index contributed by atoms with van der Waals surface area (Å²) in [6, 6.07) is 4.33. The van der Waals surface area contributed by atoms with Crippen molar-refractivity contribution in [2.75, 3.05) is 0 Å². The van der Waals surface area contributed by atoms with Gasteiger partial charge in [0.2, 0.25) is 0 Å². The first-order valence-corrected chi connectivity index (χ1v) is 6.27. The van der Waals surface area contributed by atoms with Crippen molar-refractivity contribution in [3.63, 3.8) is 0 Å². The molecule has 0 radical (unpaired) electrons. The van der Waals surface area contributed by atoms with Crippen LogP contribution in [0.15, 0.2) is 34.2 Å². The van der Waals surface area contributed by atoms with Gasteiger partial charge in [-0.05, 0) is 17.7 Å². The molecule has 0 aliphatic rings. The lowest BCUT2D eigenvalue weighted by Gasteiger charge is -2.06. The number of halogens is 4. The lowest BCUT2D eigenvalue weighted by molar-refractivity contribution is -0.140. The van der Waals surface area contributed by atoms with E-state index < -0.39 is 28.9 Å². The molecule has 0 saturated heterocycles. The first-order valence-electron chi connectivity index (χ1n) is 5.82. The van der Waals surface area contributed by atoms with Crippen LogP contribution in [-0.4, -0.2) is 19.6 Å². The highest BCUT2D eigenvalue weighted by atomic mass is 32.1. The Morgan fingerprint density at radius 2 is 1.82 bits per heavy atom. The molecule has 1 N–H and O–H groups in total. The van der Waals surface area contributed by atoms with Gasteiger partial charge in [-0.2, -0.15) is 22.8 Å². The number of fused-ring (bicyclic) bond motifs is 1. The Labute approximate surface area is 125 Å². The summed E-state index contributed by atoms with van der Waals surface area (Å²) in [6.45, 7) is 0. The number of aromatic amines is 1. The second-order valence-electron chi connectivity index (χ2n) is 4.33. The molecule has 1 aromatic carbocycles. The topological polar surface area (TPSA) is 63.0 Å². The molecule has 0 bridgehead atoms. The normalized spacial score (nSPS) is 12.0. The van der Waals surface area contributed by atoms with Crippen LogP contribution in [0, 0.1) is 5.82 Å². The number of alkyl halides is 3. The van der Waals surface area contributed by atoms with Crippen molar-refractivity contribution in [2.24, 2.45) is 0 Å². The fraction of sp³-hybridized carbons (Fsp3) is 0.0833. The zero-order chi connectivity index (χ0) is 16.1. The van der Waals surface area contributed by atoms with Crippen LogP contribution in [-0.2, 0) is 6.18 Å². The highest BCUT2D eigenvalue weighted by molar-refractivity contribution is 7.80. The molecule has 0 atom stereocenters. The molecule has 0 aliphatic carbocycles. The Hall–Kier alpha value is -2.36. The molecule has 114 valence electrons. The lowest BCUT2D eigenvalue weighted by atomic mass is 10.1. The molecule has 10 heteroatoms. The molecular formula is C12H6F4N4OS. The first-order chi connectivity index (χ1) is 10.3. The van der Waals surface area contributed by atoms with Crippen molar-refractivity contribution in [3.8, 4) is 11.1 Å². The number of benzene rings is 1. The molecule has 0 saturated carbocycles. The minimum Gasteiger partial charge on any atom is -0.285 e. The molecule has 0 unspecified atom stereocenters. The van der Waals surface area contributed by atoms with Gasteiger partial charge >= 0.3 is 11.9 Å². The minimum absolute atomic E-state index is 0.0366. The van der Waals surface area contributed by atoms with Gasteiger partial charge in [0.05, 0.1) is 5.56 Å². The summed E-state index contributed by atoms with van der Waals surface area (Å²) in [7, 11) is 0. The molecular weight excluding hydrogens is 324 g/mol. The van der Waals surface area contributed by atoms with E-state index in [9.17, 15) is 22.4 Å². The molecule has 0 aliphatic heterocycles. The van der Waals surface area contributed by atoms with Crippen LogP contribution in [0.3, 0.4) is 0 Å². The van der Waals surface area contributed by atoms with E-state index in [1.807, 2.05) is 0 Å². The summed E-state index contributed by atoms with van der Waals surface area (Å²) >= 11 is 3.84. The van der Waals surface area contributed by atoms with Crippen molar-refractivity contribution in [1.29, 1.82) is 0 Å². The van der Waals surface area contributed by atoms with E-state index in [2.05, 4.69) is 27.7 Å². The number of thiol groups is 1.